The molecule has 1 aromatic heterocycles. The Bertz CT molecular complexity index is 924. The zero-order valence-corrected chi connectivity index (χ0v) is 15.6. The van der Waals surface area contributed by atoms with Crippen LogP contribution in [0.5, 0.6) is 0 Å². The highest BCUT2D eigenvalue weighted by Crippen LogP contribution is 2.24. The van der Waals surface area contributed by atoms with Gasteiger partial charge in [0.2, 0.25) is 5.78 Å². The molecule has 2 unspecified atom stereocenters. The molecule has 0 radical (unpaired) electrons. The highest BCUT2D eigenvalue weighted by Gasteiger charge is 2.29. The van der Waals surface area contributed by atoms with Crippen molar-refractivity contribution in [3.05, 3.63) is 47.3 Å². The van der Waals surface area contributed by atoms with Gasteiger partial charge in [-0.25, -0.2) is 4.99 Å². The topological polar surface area (TPSA) is 140 Å². The SMILES string of the molecule is NC(=O)C(=O)C(CCc1ccccc1)NC(=O)c1nsnc1C1CC=NC=N1. The van der Waals surface area contributed by atoms with Gasteiger partial charge in [-0.1, -0.05) is 30.3 Å². The van der Waals surface area contributed by atoms with Gasteiger partial charge in [0.25, 0.3) is 11.8 Å². The van der Waals surface area contributed by atoms with E-state index in [4.69, 9.17) is 5.73 Å². The van der Waals surface area contributed by atoms with Crippen molar-refractivity contribution in [2.75, 3.05) is 0 Å². The van der Waals surface area contributed by atoms with E-state index in [9.17, 15) is 14.4 Å². The van der Waals surface area contributed by atoms with Gasteiger partial charge < -0.3 is 11.1 Å². The van der Waals surface area contributed by atoms with Gasteiger partial charge in [-0.15, -0.1) is 0 Å². The van der Waals surface area contributed by atoms with Crippen LogP contribution in [0.1, 0.15) is 40.6 Å². The van der Waals surface area contributed by atoms with Gasteiger partial charge in [-0.2, -0.15) is 8.75 Å². The van der Waals surface area contributed by atoms with Crippen LogP contribution >= 0.6 is 11.7 Å². The van der Waals surface area contributed by atoms with Crippen LogP contribution in [0.2, 0.25) is 0 Å². The highest BCUT2D eigenvalue weighted by atomic mass is 32.1. The number of carbonyl (C=O) groups is 3. The summed E-state index contributed by atoms with van der Waals surface area (Å²) in [4.78, 5) is 44.4. The Hall–Kier alpha value is -3.27. The van der Waals surface area contributed by atoms with Crippen molar-refractivity contribution in [3.8, 4) is 0 Å². The monoisotopic (exact) mass is 398 g/mol. The molecule has 3 N–H and O–H groups in total. The number of hydrogen-bond donors (Lipinski definition) is 2. The quantitative estimate of drug-likeness (QED) is 0.635. The van der Waals surface area contributed by atoms with Crippen molar-refractivity contribution in [3.63, 3.8) is 0 Å². The normalized spacial score (nSPS) is 16.5. The Morgan fingerprint density at radius 3 is 2.68 bits per heavy atom. The van der Waals surface area contributed by atoms with Crippen LogP contribution in [0.4, 0.5) is 0 Å². The standard InChI is InChI=1S/C18H18N6O3S/c19-17(26)16(25)13(7-6-11-4-2-1-3-5-11)22-18(27)15-14(23-28-24-15)12-8-9-20-10-21-12/h1-5,9-10,12-13H,6-8H2,(H2,19,26)(H,22,27). The first kappa shape index (κ1) is 19.5. The molecule has 9 nitrogen and oxygen atoms in total. The number of ketones is 1. The number of nitrogens with one attached hydrogen (secondary N) is 1. The molecule has 0 saturated heterocycles. The maximum Gasteiger partial charge on any atom is 0.287 e. The fourth-order valence-electron chi connectivity index (χ4n) is 2.76. The smallest absolute Gasteiger partial charge is 0.287 e. The number of aryl methyl sites for hydroxylation is 1. The summed E-state index contributed by atoms with van der Waals surface area (Å²) in [5, 5.41) is 2.58. The third kappa shape index (κ3) is 4.71. The molecule has 0 fully saturated rings. The lowest BCUT2D eigenvalue weighted by molar-refractivity contribution is -0.137. The summed E-state index contributed by atoms with van der Waals surface area (Å²) in [7, 11) is 0. The molecule has 10 heteroatoms. The maximum absolute atomic E-state index is 12.7. The van der Waals surface area contributed by atoms with E-state index >= 15 is 0 Å². The van der Waals surface area contributed by atoms with E-state index in [-0.39, 0.29) is 18.2 Å². The van der Waals surface area contributed by atoms with Crippen molar-refractivity contribution in [1.29, 1.82) is 0 Å². The maximum atomic E-state index is 12.7. The fourth-order valence-corrected chi connectivity index (χ4v) is 3.36. The first-order chi connectivity index (χ1) is 13.6. The summed E-state index contributed by atoms with van der Waals surface area (Å²) in [5.41, 5.74) is 6.63. The lowest BCUT2D eigenvalue weighted by Crippen LogP contribution is -2.46. The first-order valence-electron chi connectivity index (χ1n) is 8.60. The molecule has 2 atom stereocenters. The molecular formula is C18H18N6O3S. The Morgan fingerprint density at radius 2 is 2.00 bits per heavy atom. The molecule has 2 heterocycles. The number of benzene rings is 1. The van der Waals surface area contributed by atoms with E-state index in [0.29, 0.717) is 18.5 Å². The molecule has 1 aliphatic rings. The van der Waals surface area contributed by atoms with Crippen LogP contribution in [0.3, 0.4) is 0 Å². The molecule has 144 valence electrons. The van der Waals surface area contributed by atoms with Crippen LogP contribution < -0.4 is 11.1 Å². The third-order valence-corrected chi connectivity index (χ3v) is 4.76. The highest BCUT2D eigenvalue weighted by molar-refractivity contribution is 6.99. The zero-order valence-electron chi connectivity index (χ0n) is 14.8. The molecule has 0 aliphatic carbocycles. The molecule has 1 aliphatic heterocycles. The number of hydrogen-bond acceptors (Lipinski definition) is 8. The van der Waals surface area contributed by atoms with Gasteiger partial charge in [0, 0.05) is 12.6 Å². The molecule has 28 heavy (non-hydrogen) atoms. The van der Waals surface area contributed by atoms with Crippen molar-refractivity contribution in [2.45, 2.75) is 31.3 Å². The molecule has 2 amide bonds. The summed E-state index contributed by atoms with van der Waals surface area (Å²) >= 11 is 0.884. The third-order valence-electron chi connectivity index (χ3n) is 4.22. The minimum absolute atomic E-state index is 0.0874. The Morgan fingerprint density at radius 1 is 1.21 bits per heavy atom. The average Bonchev–Trinajstić information content (AvgIpc) is 3.22. The Balaban J connectivity index is 1.73. The summed E-state index contributed by atoms with van der Waals surface area (Å²) in [6.07, 6.45) is 4.31. The molecule has 3 rings (SSSR count). The second-order valence-electron chi connectivity index (χ2n) is 6.12. The van der Waals surface area contributed by atoms with Crippen LogP contribution in [-0.4, -0.2) is 44.9 Å². The average molecular weight is 398 g/mol. The van der Waals surface area contributed by atoms with Gasteiger partial charge >= 0.3 is 0 Å². The number of nitrogens with zero attached hydrogens (tertiary/aromatic N) is 4. The van der Waals surface area contributed by atoms with E-state index in [1.165, 1.54) is 6.34 Å². The van der Waals surface area contributed by atoms with Crippen LogP contribution in [0, 0.1) is 0 Å². The second kappa shape index (κ2) is 9.09. The van der Waals surface area contributed by atoms with Crippen molar-refractivity contribution >= 4 is 41.9 Å². The van der Waals surface area contributed by atoms with Gasteiger partial charge in [0.05, 0.1) is 17.8 Å². The van der Waals surface area contributed by atoms with Gasteiger partial charge in [0.1, 0.15) is 18.1 Å². The van der Waals surface area contributed by atoms with E-state index < -0.39 is 23.6 Å². The molecule has 0 saturated carbocycles. The van der Waals surface area contributed by atoms with E-state index in [1.54, 1.807) is 6.21 Å². The molecular weight excluding hydrogens is 380 g/mol. The van der Waals surface area contributed by atoms with Crippen LogP contribution in [0.25, 0.3) is 0 Å². The number of aromatic nitrogens is 2. The van der Waals surface area contributed by atoms with E-state index in [2.05, 4.69) is 24.0 Å². The number of amides is 2. The summed E-state index contributed by atoms with van der Waals surface area (Å²) in [6, 6.07) is 8.03. The number of aliphatic imine (C=N–C) groups is 2. The predicted molar refractivity (Wildman–Crippen MR) is 104 cm³/mol. The van der Waals surface area contributed by atoms with Crippen LogP contribution in [-0.2, 0) is 16.0 Å². The number of rotatable bonds is 8. The molecule has 0 spiro atoms. The van der Waals surface area contributed by atoms with Gasteiger partial charge in [0.15, 0.2) is 5.69 Å². The van der Waals surface area contributed by atoms with Crippen molar-refractivity contribution < 1.29 is 14.4 Å². The largest absolute Gasteiger partial charge is 0.363 e. The lowest BCUT2D eigenvalue weighted by Gasteiger charge is -2.16. The first-order valence-corrected chi connectivity index (χ1v) is 9.33. The molecule has 0 bridgehead atoms. The number of primary amides is 1. The van der Waals surface area contributed by atoms with Crippen LogP contribution in [0.15, 0.2) is 40.3 Å². The van der Waals surface area contributed by atoms with Crippen molar-refractivity contribution in [2.24, 2.45) is 15.7 Å². The molecule has 1 aromatic carbocycles. The van der Waals surface area contributed by atoms with Gasteiger partial charge in [-0.05, 0) is 18.4 Å². The predicted octanol–water partition coefficient (Wildman–Crippen LogP) is 0.868. The minimum Gasteiger partial charge on any atom is -0.363 e. The van der Waals surface area contributed by atoms with E-state index in [1.807, 2.05) is 30.3 Å². The Labute approximate surface area is 165 Å². The molecule has 2 aromatic rings. The van der Waals surface area contributed by atoms with Crippen molar-refractivity contribution in [1.82, 2.24) is 14.1 Å². The van der Waals surface area contributed by atoms with E-state index in [0.717, 1.165) is 17.3 Å². The lowest BCUT2D eigenvalue weighted by atomic mass is 10.0. The van der Waals surface area contributed by atoms with Gasteiger partial charge in [-0.3, -0.25) is 19.4 Å². The number of Topliss-reactive ketones (excluding diaryl/α,β-unsaturated/α-hetero) is 1. The zero-order chi connectivity index (χ0) is 19.9. The second-order valence-corrected chi connectivity index (χ2v) is 6.65. The fraction of sp³-hybridized carbons (Fsp3) is 0.278. The summed E-state index contributed by atoms with van der Waals surface area (Å²) in [6.45, 7) is 0. The minimum atomic E-state index is -1.09. The summed E-state index contributed by atoms with van der Waals surface area (Å²) in [5.74, 6) is -2.53. The number of carbonyl (C=O) groups excluding carboxylic acids is 3. The Kier molecular flexibility index (Phi) is 6.33. The summed E-state index contributed by atoms with van der Waals surface area (Å²) < 4.78 is 8.20. The number of nitrogens with two attached hydrogens (primary N) is 1.